The Bertz CT molecular complexity index is 646. The van der Waals surface area contributed by atoms with Crippen LogP contribution in [0.2, 0.25) is 0 Å². The zero-order valence-electron chi connectivity index (χ0n) is 12.2. The summed E-state index contributed by atoms with van der Waals surface area (Å²) in [6, 6.07) is 11.2. The van der Waals surface area contributed by atoms with Crippen LogP contribution in [0, 0.1) is 0 Å². The van der Waals surface area contributed by atoms with Crippen LogP contribution in [0.15, 0.2) is 30.3 Å². The van der Waals surface area contributed by atoms with E-state index in [9.17, 15) is 0 Å². The summed E-state index contributed by atoms with van der Waals surface area (Å²) in [7, 11) is 0. The van der Waals surface area contributed by atoms with E-state index in [4.69, 9.17) is 9.47 Å². The normalized spacial score (nSPS) is 19.3. The molecule has 0 spiro atoms. The standard InChI is InChI=1S/C17H19NO2S/c1-2-18-10-13-4-3-12(9-14(13)11-18)15-5-6-16(21-15)17-19-7-8-20-17/h3-6,9,17H,2,7-8,10-11H2,1H3. The lowest BCUT2D eigenvalue weighted by Gasteiger charge is -2.09. The fraction of sp³-hybridized carbons (Fsp3) is 0.412. The van der Waals surface area contributed by atoms with E-state index < -0.39 is 0 Å². The van der Waals surface area contributed by atoms with Crippen molar-refractivity contribution in [1.29, 1.82) is 0 Å². The molecule has 0 amide bonds. The van der Waals surface area contributed by atoms with Gasteiger partial charge in [-0.15, -0.1) is 11.3 Å². The summed E-state index contributed by atoms with van der Waals surface area (Å²) in [5, 5.41) is 0. The molecule has 1 aromatic carbocycles. The maximum Gasteiger partial charge on any atom is 0.193 e. The van der Waals surface area contributed by atoms with Gasteiger partial charge in [0, 0.05) is 18.0 Å². The van der Waals surface area contributed by atoms with Crippen LogP contribution < -0.4 is 0 Å². The molecule has 0 N–H and O–H groups in total. The molecule has 2 aromatic rings. The van der Waals surface area contributed by atoms with E-state index in [0.717, 1.165) is 24.5 Å². The molecular weight excluding hydrogens is 282 g/mol. The fourth-order valence-corrected chi connectivity index (χ4v) is 4.00. The van der Waals surface area contributed by atoms with Gasteiger partial charge in [0.1, 0.15) is 0 Å². The van der Waals surface area contributed by atoms with E-state index in [1.165, 1.54) is 21.6 Å². The van der Waals surface area contributed by atoms with Crippen LogP contribution in [0.3, 0.4) is 0 Å². The molecule has 0 unspecified atom stereocenters. The van der Waals surface area contributed by atoms with Crippen LogP contribution in [0.5, 0.6) is 0 Å². The van der Waals surface area contributed by atoms with Crippen LogP contribution in [0.25, 0.3) is 10.4 Å². The monoisotopic (exact) mass is 301 g/mol. The third-order valence-electron chi connectivity index (χ3n) is 4.21. The zero-order valence-corrected chi connectivity index (χ0v) is 13.0. The summed E-state index contributed by atoms with van der Waals surface area (Å²) in [5.74, 6) is 0. The second-order valence-corrected chi connectivity index (χ2v) is 6.68. The number of fused-ring (bicyclic) bond motifs is 1. The molecule has 0 saturated carbocycles. The predicted molar refractivity (Wildman–Crippen MR) is 84.2 cm³/mol. The Morgan fingerprint density at radius 1 is 1.10 bits per heavy atom. The highest BCUT2D eigenvalue weighted by Crippen LogP contribution is 2.36. The molecule has 21 heavy (non-hydrogen) atoms. The van der Waals surface area contributed by atoms with Crippen LogP contribution in [0.1, 0.15) is 29.2 Å². The number of benzene rings is 1. The highest BCUT2D eigenvalue weighted by molar-refractivity contribution is 7.15. The van der Waals surface area contributed by atoms with Gasteiger partial charge in [-0.25, -0.2) is 0 Å². The van der Waals surface area contributed by atoms with Crippen molar-refractivity contribution in [3.63, 3.8) is 0 Å². The molecule has 0 bridgehead atoms. The Labute approximate surface area is 129 Å². The largest absolute Gasteiger partial charge is 0.345 e. The van der Waals surface area contributed by atoms with Crippen LogP contribution in [-0.2, 0) is 22.6 Å². The summed E-state index contributed by atoms with van der Waals surface area (Å²) >= 11 is 1.77. The minimum Gasteiger partial charge on any atom is -0.345 e. The zero-order chi connectivity index (χ0) is 14.2. The number of hydrogen-bond donors (Lipinski definition) is 0. The molecule has 4 heteroatoms. The van der Waals surface area contributed by atoms with Crippen LogP contribution in [0.4, 0.5) is 0 Å². The molecule has 1 fully saturated rings. The second-order valence-electron chi connectivity index (χ2n) is 5.56. The van der Waals surface area contributed by atoms with Gasteiger partial charge < -0.3 is 9.47 Å². The molecule has 2 aliphatic heterocycles. The third kappa shape index (κ3) is 2.53. The summed E-state index contributed by atoms with van der Waals surface area (Å²) in [6.07, 6.45) is -0.159. The van der Waals surface area contributed by atoms with Gasteiger partial charge in [-0.2, -0.15) is 0 Å². The predicted octanol–water partition coefficient (Wildman–Crippen LogP) is 3.80. The average molecular weight is 301 g/mol. The number of thiophene rings is 1. The van der Waals surface area contributed by atoms with Crippen LogP contribution in [-0.4, -0.2) is 24.7 Å². The molecule has 1 aromatic heterocycles. The lowest BCUT2D eigenvalue weighted by Crippen LogP contribution is -2.14. The van der Waals surface area contributed by atoms with Crippen LogP contribution >= 0.6 is 11.3 Å². The van der Waals surface area contributed by atoms with Gasteiger partial charge >= 0.3 is 0 Å². The van der Waals surface area contributed by atoms with E-state index in [1.54, 1.807) is 11.3 Å². The van der Waals surface area contributed by atoms with Gasteiger partial charge in [0.2, 0.25) is 0 Å². The highest BCUT2D eigenvalue weighted by atomic mass is 32.1. The highest BCUT2D eigenvalue weighted by Gasteiger charge is 2.21. The molecule has 1 saturated heterocycles. The molecular formula is C17H19NO2S. The molecule has 0 radical (unpaired) electrons. The Balaban J connectivity index is 1.60. The van der Waals surface area contributed by atoms with Crippen molar-refractivity contribution in [3.8, 4) is 10.4 Å². The Hall–Kier alpha value is -1.20. The molecule has 3 heterocycles. The molecule has 3 nitrogen and oxygen atoms in total. The van der Waals surface area contributed by atoms with Gasteiger partial charge in [-0.1, -0.05) is 19.1 Å². The van der Waals surface area contributed by atoms with E-state index in [1.807, 2.05) is 0 Å². The van der Waals surface area contributed by atoms with E-state index in [2.05, 4.69) is 42.2 Å². The van der Waals surface area contributed by atoms with E-state index in [0.29, 0.717) is 13.2 Å². The van der Waals surface area contributed by atoms with Gasteiger partial charge in [0.15, 0.2) is 6.29 Å². The minimum absolute atomic E-state index is 0.159. The fourth-order valence-electron chi connectivity index (χ4n) is 3.00. The molecule has 2 aliphatic rings. The van der Waals surface area contributed by atoms with Gasteiger partial charge in [-0.3, -0.25) is 4.90 Å². The number of hydrogen-bond acceptors (Lipinski definition) is 4. The summed E-state index contributed by atoms with van der Waals surface area (Å²) < 4.78 is 11.1. The van der Waals surface area contributed by atoms with Gasteiger partial charge in [-0.05, 0) is 41.4 Å². The molecule has 0 aliphatic carbocycles. The van der Waals surface area contributed by atoms with E-state index in [-0.39, 0.29) is 6.29 Å². The van der Waals surface area contributed by atoms with Crippen molar-refractivity contribution in [2.24, 2.45) is 0 Å². The van der Waals surface area contributed by atoms with Crippen molar-refractivity contribution in [2.75, 3.05) is 19.8 Å². The maximum absolute atomic E-state index is 5.57. The van der Waals surface area contributed by atoms with Crippen molar-refractivity contribution in [3.05, 3.63) is 46.3 Å². The first-order valence-electron chi connectivity index (χ1n) is 7.51. The maximum atomic E-state index is 5.57. The van der Waals surface area contributed by atoms with E-state index >= 15 is 0 Å². The smallest absolute Gasteiger partial charge is 0.193 e. The summed E-state index contributed by atoms with van der Waals surface area (Å²) in [5.41, 5.74) is 4.25. The summed E-state index contributed by atoms with van der Waals surface area (Å²) in [4.78, 5) is 4.93. The van der Waals surface area contributed by atoms with Crippen molar-refractivity contribution >= 4 is 11.3 Å². The number of nitrogens with zero attached hydrogens (tertiary/aromatic N) is 1. The average Bonchev–Trinajstić information content (AvgIpc) is 3.24. The topological polar surface area (TPSA) is 21.7 Å². The quantitative estimate of drug-likeness (QED) is 0.861. The Morgan fingerprint density at radius 3 is 2.71 bits per heavy atom. The van der Waals surface area contributed by atoms with Crippen molar-refractivity contribution in [1.82, 2.24) is 4.90 Å². The van der Waals surface area contributed by atoms with Gasteiger partial charge in [0.05, 0.1) is 18.1 Å². The Kier molecular flexibility index (Phi) is 3.55. The summed E-state index contributed by atoms with van der Waals surface area (Å²) in [6.45, 7) is 6.90. The SMILES string of the molecule is CCN1Cc2ccc(-c3ccc(C4OCCO4)s3)cc2C1. The second kappa shape index (κ2) is 5.54. The molecule has 4 rings (SSSR count). The number of ether oxygens (including phenoxy) is 2. The third-order valence-corrected chi connectivity index (χ3v) is 5.36. The minimum atomic E-state index is -0.159. The molecule has 110 valence electrons. The number of rotatable bonds is 3. The lowest BCUT2D eigenvalue weighted by atomic mass is 10.1. The van der Waals surface area contributed by atoms with Crippen molar-refractivity contribution < 1.29 is 9.47 Å². The Morgan fingerprint density at radius 2 is 1.90 bits per heavy atom. The first-order valence-corrected chi connectivity index (χ1v) is 8.32. The first-order chi connectivity index (χ1) is 10.3. The molecule has 0 atom stereocenters. The van der Waals surface area contributed by atoms with Crippen molar-refractivity contribution in [2.45, 2.75) is 26.3 Å². The van der Waals surface area contributed by atoms with Gasteiger partial charge in [0.25, 0.3) is 0 Å². The first kappa shape index (κ1) is 13.5. The lowest BCUT2D eigenvalue weighted by molar-refractivity contribution is -0.0413.